The van der Waals surface area contributed by atoms with Crippen LogP contribution in [-0.4, -0.2) is 25.0 Å². The molecule has 2 amide bonds. The molecule has 28 heavy (non-hydrogen) atoms. The van der Waals surface area contributed by atoms with Gasteiger partial charge in [-0.05, 0) is 48.2 Å². The number of nitrogens with one attached hydrogen (secondary N) is 2. The Labute approximate surface area is 165 Å². The van der Waals surface area contributed by atoms with Crippen LogP contribution in [0.3, 0.4) is 0 Å². The van der Waals surface area contributed by atoms with Crippen molar-refractivity contribution in [1.82, 2.24) is 10.9 Å². The number of carbonyl (C=O) groups excluding carboxylic acids is 2. The zero-order chi connectivity index (χ0) is 20.4. The lowest BCUT2D eigenvalue weighted by Gasteiger charge is -2.13. The summed E-state index contributed by atoms with van der Waals surface area (Å²) in [6.07, 6.45) is 2.98. The number of carbonyl (C=O) groups is 2. The van der Waals surface area contributed by atoms with Crippen molar-refractivity contribution in [2.24, 2.45) is 0 Å². The van der Waals surface area contributed by atoms with Crippen molar-refractivity contribution in [1.29, 1.82) is 0 Å². The van der Waals surface area contributed by atoms with E-state index >= 15 is 0 Å². The molecule has 2 N–H and O–H groups in total. The molecule has 0 spiro atoms. The van der Waals surface area contributed by atoms with Gasteiger partial charge in [-0.3, -0.25) is 20.4 Å². The van der Waals surface area contributed by atoms with Gasteiger partial charge in [0, 0.05) is 6.08 Å². The largest absolute Gasteiger partial charge is 0.494 e. The first kappa shape index (κ1) is 21.0. The Hall–Kier alpha value is -3.28. The molecule has 0 aliphatic carbocycles. The Bertz CT molecular complexity index is 814. The molecular formula is C22H26N2O4. The van der Waals surface area contributed by atoms with Gasteiger partial charge in [0.1, 0.15) is 11.5 Å². The van der Waals surface area contributed by atoms with E-state index in [2.05, 4.69) is 24.7 Å². The number of para-hydroxylation sites is 1. The lowest BCUT2D eigenvalue weighted by atomic mass is 10.0. The zero-order valence-electron chi connectivity index (χ0n) is 16.4. The molecule has 0 saturated heterocycles. The summed E-state index contributed by atoms with van der Waals surface area (Å²) in [6.45, 7) is 6.44. The van der Waals surface area contributed by atoms with Crippen molar-refractivity contribution in [2.75, 3.05) is 13.2 Å². The van der Waals surface area contributed by atoms with Crippen molar-refractivity contribution in [3.8, 4) is 11.5 Å². The maximum atomic E-state index is 11.9. The zero-order valence-corrected chi connectivity index (χ0v) is 16.4. The van der Waals surface area contributed by atoms with E-state index in [1.54, 1.807) is 6.08 Å². The van der Waals surface area contributed by atoms with Crippen LogP contribution in [0.15, 0.2) is 54.6 Å². The minimum atomic E-state index is -0.443. The van der Waals surface area contributed by atoms with Gasteiger partial charge in [0.15, 0.2) is 6.61 Å². The average molecular weight is 382 g/mol. The van der Waals surface area contributed by atoms with E-state index in [9.17, 15) is 9.59 Å². The first-order chi connectivity index (χ1) is 13.5. The predicted octanol–water partition coefficient (Wildman–Crippen LogP) is 3.45. The molecule has 0 aliphatic rings. The number of benzene rings is 2. The van der Waals surface area contributed by atoms with Crippen LogP contribution in [0.5, 0.6) is 11.5 Å². The van der Waals surface area contributed by atoms with Crippen LogP contribution in [0.1, 0.15) is 37.8 Å². The van der Waals surface area contributed by atoms with Crippen LogP contribution in [0.25, 0.3) is 6.08 Å². The first-order valence-corrected chi connectivity index (χ1v) is 9.21. The van der Waals surface area contributed by atoms with Crippen molar-refractivity contribution < 1.29 is 19.1 Å². The molecule has 6 nitrogen and oxygen atoms in total. The summed E-state index contributed by atoms with van der Waals surface area (Å²) in [5, 5.41) is 0. The van der Waals surface area contributed by atoms with E-state index in [0.717, 1.165) is 16.9 Å². The molecular weight excluding hydrogens is 356 g/mol. The Balaban J connectivity index is 1.77. The quantitative estimate of drug-likeness (QED) is 0.542. The van der Waals surface area contributed by atoms with Crippen LogP contribution >= 0.6 is 0 Å². The van der Waals surface area contributed by atoms with Crippen molar-refractivity contribution in [3.63, 3.8) is 0 Å². The predicted molar refractivity (Wildman–Crippen MR) is 109 cm³/mol. The lowest BCUT2D eigenvalue weighted by Crippen LogP contribution is -2.43. The van der Waals surface area contributed by atoms with E-state index in [1.807, 2.05) is 55.5 Å². The second-order valence-electron chi connectivity index (χ2n) is 6.35. The highest BCUT2D eigenvalue weighted by Crippen LogP contribution is 2.25. The Morgan fingerprint density at radius 1 is 1.00 bits per heavy atom. The standard InChI is InChI=1S/C22H26N2O4/c1-4-27-18-12-9-17(10-13-18)11-14-21(25)23-24-22(26)15-28-20-8-6-5-7-19(20)16(2)3/h5-14,16H,4,15H2,1-3H3,(H,23,25)(H,24,26)/b14-11+. The molecule has 2 rings (SSSR count). The van der Waals surface area contributed by atoms with Crippen molar-refractivity contribution in [2.45, 2.75) is 26.7 Å². The second-order valence-corrected chi connectivity index (χ2v) is 6.35. The number of hydrazine groups is 1. The van der Waals surface area contributed by atoms with E-state index in [0.29, 0.717) is 12.4 Å². The third kappa shape index (κ3) is 6.79. The van der Waals surface area contributed by atoms with E-state index in [4.69, 9.17) is 9.47 Å². The fourth-order valence-corrected chi connectivity index (χ4v) is 2.46. The molecule has 148 valence electrons. The summed E-state index contributed by atoms with van der Waals surface area (Å²) in [5.74, 6) is 0.836. The third-order valence-electron chi connectivity index (χ3n) is 3.84. The van der Waals surface area contributed by atoms with Crippen LogP contribution in [0, 0.1) is 0 Å². The molecule has 2 aromatic rings. The third-order valence-corrected chi connectivity index (χ3v) is 3.84. The molecule has 0 radical (unpaired) electrons. The summed E-state index contributed by atoms with van der Waals surface area (Å²) in [5.41, 5.74) is 6.53. The molecule has 0 saturated carbocycles. The monoisotopic (exact) mass is 382 g/mol. The summed E-state index contributed by atoms with van der Waals surface area (Å²) in [6, 6.07) is 14.9. The van der Waals surface area contributed by atoms with Gasteiger partial charge in [0.25, 0.3) is 11.8 Å². The minimum absolute atomic E-state index is 0.188. The van der Waals surface area contributed by atoms with E-state index in [-0.39, 0.29) is 12.5 Å². The molecule has 0 bridgehead atoms. The molecule has 0 fully saturated rings. The topological polar surface area (TPSA) is 76.7 Å². The Kier molecular flexibility index (Phi) is 8.09. The maximum Gasteiger partial charge on any atom is 0.276 e. The highest BCUT2D eigenvalue weighted by molar-refractivity contribution is 5.93. The second kappa shape index (κ2) is 10.8. The highest BCUT2D eigenvalue weighted by Gasteiger charge is 2.09. The van der Waals surface area contributed by atoms with Gasteiger partial charge < -0.3 is 9.47 Å². The molecule has 0 aromatic heterocycles. The van der Waals surface area contributed by atoms with Crippen LogP contribution in [0.4, 0.5) is 0 Å². The molecule has 6 heteroatoms. The molecule has 0 unspecified atom stereocenters. The number of hydrogen-bond acceptors (Lipinski definition) is 4. The molecule has 0 heterocycles. The van der Waals surface area contributed by atoms with Gasteiger partial charge in [-0.25, -0.2) is 0 Å². The summed E-state index contributed by atoms with van der Waals surface area (Å²) >= 11 is 0. The fraction of sp³-hybridized carbons (Fsp3) is 0.273. The van der Waals surface area contributed by atoms with Gasteiger partial charge in [0.2, 0.25) is 0 Å². The van der Waals surface area contributed by atoms with Gasteiger partial charge in [-0.15, -0.1) is 0 Å². The van der Waals surface area contributed by atoms with Gasteiger partial charge in [-0.2, -0.15) is 0 Å². The van der Waals surface area contributed by atoms with Gasteiger partial charge in [0.05, 0.1) is 6.61 Å². The number of ether oxygens (including phenoxy) is 2. The Morgan fingerprint density at radius 2 is 1.71 bits per heavy atom. The van der Waals surface area contributed by atoms with Crippen LogP contribution in [0.2, 0.25) is 0 Å². The van der Waals surface area contributed by atoms with E-state index < -0.39 is 11.8 Å². The number of hydrogen-bond donors (Lipinski definition) is 2. The Morgan fingerprint density at radius 3 is 2.39 bits per heavy atom. The average Bonchev–Trinajstić information content (AvgIpc) is 2.70. The smallest absolute Gasteiger partial charge is 0.276 e. The summed E-state index contributed by atoms with van der Waals surface area (Å²) < 4.78 is 10.9. The van der Waals surface area contributed by atoms with Gasteiger partial charge >= 0.3 is 0 Å². The summed E-state index contributed by atoms with van der Waals surface area (Å²) in [4.78, 5) is 23.7. The van der Waals surface area contributed by atoms with Crippen molar-refractivity contribution >= 4 is 17.9 Å². The number of rotatable bonds is 8. The maximum absolute atomic E-state index is 11.9. The number of amides is 2. The van der Waals surface area contributed by atoms with Crippen LogP contribution < -0.4 is 20.3 Å². The highest BCUT2D eigenvalue weighted by atomic mass is 16.5. The lowest BCUT2D eigenvalue weighted by molar-refractivity contribution is -0.128. The van der Waals surface area contributed by atoms with Gasteiger partial charge in [-0.1, -0.05) is 44.2 Å². The van der Waals surface area contributed by atoms with Crippen LogP contribution in [-0.2, 0) is 9.59 Å². The molecule has 0 aliphatic heterocycles. The molecule has 0 atom stereocenters. The molecule has 2 aromatic carbocycles. The SMILES string of the molecule is CCOc1ccc(/C=C/C(=O)NNC(=O)COc2ccccc2C(C)C)cc1. The normalized spacial score (nSPS) is 10.7. The van der Waals surface area contributed by atoms with E-state index in [1.165, 1.54) is 6.08 Å². The minimum Gasteiger partial charge on any atom is -0.494 e. The van der Waals surface area contributed by atoms with Crippen molar-refractivity contribution in [3.05, 3.63) is 65.7 Å². The summed E-state index contributed by atoms with van der Waals surface area (Å²) in [7, 11) is 0. The first-order valence-electron chi connectivity index (χ1n) is 9.21. The fourth-order valence-electron chi connectivity index (χ4n) is 2.46.